The lowest BCUT2D eigenvalue weighted by Gasteiger charge is -2.07. The number of hydrogen-bond acceptors (Lipinski definition) is 3. The van der Waals surface area contributed by atoms with Crippen LogP contribution in [0, 0.1) is 6.92 Å². The molecule has 4 nitrogen and oxygen atoms in total. The van der Waals surface area contributed by atoms with Crippen LogP contribution in [-0.2, 0) is 0 Å². The van der Waals surface area contributed by atoms with Gasteiger partial charge in [0, 0.05) is 6.07 Å². The van der Waals surface area contributed by atoms with Crippen molar-refractivity contribution in [2.45, 2.75) is 25.1 Å². The van der Waals surface area contributed by atoms with Crippen molar-refractivity contribution in [3.8, 4) is 11.4 Å². The Bertz CT molecular complexity index is 539. The van der Waals surface area contributed by atoms with Gasteiger partial charge in [0.15, 0.2) is 0 Å². The van der Waals surface area contributed by atoms with Gasteiger partial charge in [0.2, 0.25) is 0 Å². The van der Waals surface area contributed by atoms with Gasteiger partial charge in [0.1, 0.15) is 5.75 Å². The Morgan fingerprint density at radius 3 is 2.89 bits per heavy atom. The summed E-state index contributed by atoms with van der Waals surface area (Å²) < 4.78 is 7.02. The summed E-state index contributed by atoms with van der Waals surface area (Å²) in [5, 5.41) is 8.36. The lowest BCUT2D eigenvalue weighted by Crippen LogP contribution is -1.98. The van der Waals surface area contributed by atoms with Gasteiger partial charge in [-0.3, -0.25) is 0 Å². The zero-order chi connectivity index (χ0) is 13.1. The first-order chi connectivity index (χ1) is 8.65. The molecule has 0 aliphatic rings. The van der Waals surface area contributed by atoms with E-state index in [0.717, 1.165) is 29.1 Å². The van der Waals surface area contributed by atoms with E-state index in [9.17, 15) is 0 Å². The highest BCUT2D eigenvalue weighted by atomic mass is 79.9. The summed E-state index contributed by atoms with van der Waals surface area (Å²) >= 11 is 3.58. The highest BCUT2D eigenvalue weighted by Crippen LogP contribution is 2.25. The predicted molar refractivity (Wildman–Crippen MR) is 74.6 cm³/mol. The van der Waals surface area contributed by atoms with Crippen LogP contribution in [0.4, 0.5) is 0 Å². The van der Waals surface area contributed by atoms with Gasteiger partial charge in [0.05, 0.1) is 29.5 Å². The second-order valence-electron chi connectivity index (χ2n) is 4.12. The summed E-state index contributed by atoms with van der Waals surface area (Å²) in [5.74, 6) is 0.818. The van der Waals surface area contributed by atoms with Crippen LogP contribution in [-0.4, -0.2) is 22.1 Å². The van der Waals surface area contributed by atoms with Gasteiger partial charge >= 0.3 is 0 Å². The summed E-state index contributed by atoms with van der Waals surface area (Å²) in [4.78, 5) is 0.247. The van der Waals surface area contributed by atoms with E-state index in [4.69, 9.17) is 4.74 Å². The average Bonchev–Trinajstić information content (AvgIpc) is 2.88. The van der Waals surface area contributed by atoms with Gasteiger partial charge in [-0.1, -0.05) is 34.1 Å². The lowest BCUT2D eigenvalue weighted by atomic mass is 10.2. The second-order valence-corrected chi connectivity index (χ2v) is 5.22. The standard InChI is InChI=1S/C13H16BrN3O/c1-4-11(14)12-8-17(16-15-12)13-7-10(18-3)6-5-9(13)2/h5-8,11H,4H2,1-3H3. The number of halogens is 1. The summed E-state index contributed by atoms with van der Waals surface area (Å²) in [7, 11) is 1.66. The first-order valence-electron chi connectivity index (χ1n) is 5.87. The molecule has 2 aromatic rings. The maximum Gasteiger partial charge on any atom is 0.121 e. The third kappa shape index (κ3) is 2.56. The Kier molecular flexibility index (Phi) is 4.01. The van der Waals surface area contributed by atoms with Crippen LogP contribution in [0.2, 0.25) is 0 Å². The Morgan fingerprint density at radius 1 is 1.44 bits per heavy atom. The summed E-state index contributed by atoms with van der Waals surface area (Å²) in [5.41, 5.74) is 3.07. The number of benzene rings is 1. The van der Waals surface area contributed by atoms with Gasteiger partial charge in [-0.2, -0.15) is 0 Å². The van der Waals surface area contributed by atoms with Crippen LogP contribution in [0.25, 0.3) is 5.69 Å². The van der Waals surface area contributed by atoms with E-state index in [1.165, 1.54) is 0 Å². The molecule has 0 radical (unpaired) electrons. The number of aryl methyl sites for hydroxylation is 1. The van der Waals surface area contributed by atoms with Crippen molar-refractivity contribution in [3.63, 3.8) is 0 Å². The molecule has 1 heterocycles. The molecule has 0 N–H and O–H groups in total. The molecular weight excluding hydrogens is 294 g/mol. The Morgan fingerprint density at radius 2 is 2.22 bits per heavy atom. The van der Waals surface area contributed by atoms with E-state index in [1.54, 1.807) is 11.8 Å². The highest BCUT2D eigenvalue weighted by molar-refractivity contribution is 9.09. The maximum atomic E-state index is 5.24. The van der Waals surface area contributed by atoms with Crippen molar-refractivity contribution in [1.82, 2.24) is 15.0 Å². The zero-order valence-electron chi connectivity index (χ0n) is 10.7. The van der Waals surface area contributed by atoms with Crippen LogP contribution >= 0.6 is 15.9 Å². The fourth-order valence-electron chi connectivity index (χ4n) is 1.71. The van der Waals surface area contributed by atoms with Gasteiger partial charge in [-0.25, -0.2) is 4.68 Å². The molecule has 0 fully saturated rings. The molecule has 2 rings (SSSR count). The molecule has 1 atom stereocenters. The van der Waals surface area contributed by atoms with Crippen LogP contribution in [0.3, 0.4) is 0 Å². The monoisotopic (exact) mass is 309 g/mol. The van der Waals surface area contributed by atoms with Crippen molar-refractivity contribution >= 4 is 15.9 Å². The molecule has 0 bridgehead atoms. The minimum Gasteiger partial charge on any atom is -0.497 e. The van der Waals surface area contributed by atoms with Crippen molar-refractivity contribution in [2.24, 2.45) is 0 Å². The molecular formula is C13H16BrN3O. The molecule has 96 valence electrons. The number of nitrogens with zero attached hydrogens (tertiary/aromatic N) is 3. The van der Waals surface area contributed by atoms with Gasteiger partial charge in [0.25, 0.3) is 0 Å². The normalized spacial score (nSPS) is 12.4. The third-order valence-corrected chi connectivity index (χ3v) is 3.97. The zero-order valence-corrected chi connectivity index (χ0v) is 12.3. The fraction of sp³-hybridized carbons (Fsp3) is 0.385. The van der Waals surface area contributed by atoms with Crippen LogP contribution in [0.15, 0.2) is 24.4 Å². The van der Waals surface area contributed by atoms with Crippen molar-refractivity contribution in [3.05, 3.63) is 35.7 Å². The first kappa shape index (κ1) is 13.1. The molecule has 1 aromatic heterocycles. The summed E-state index contributed by atoms with van der Waals surface area (Å²) in [6.07, 6.45) is 2.93. The SMILES string of the molecule is CCC(Br)c1cn(-c2cc(OC)ccc2C)nn1. The number of rotatable bonds is 4. The first-order valence-corrected chi connectivity index (χ1v) is 6.78. The minimum absolute atomic E-state index is 0.247. The Hall–Kier alpha value is -1.36. The lowest BCUT2D eigenvalue weighted by molar-refractivity contribution is 0.414. The summed E-state index contributed by atoms with van der Waals surface area (Å²) in [6, 6.07) is 5.92. The van der Waals surface area contributed by atoms with Crippen molar-refractivity contribution in [2.75, 3.05) is 7.11 Å². The number of methoxy groups -OCH3 is 1. The number of ether oxygens (including phenoxy) is 1. The largest absolute Gasteiger partial charge is 0.497 e. The van der Waals surface area contributed by atoms with E-state index < -0.39 is 0 Å². The quantitative estimate of drug-likeness (QED) is 0.812. The molecule has 0 saturated heterocycles. The fourth-order valence-corrected chi connectivity index (χ4v) is 1.92. The van der Waals surface area contributed by atoms with E-state index in [1.807, 2.05) is 31.3 Å². The topological polar surface area (TPSA) is 39.9 Å². The predicted octanol–water partition coefficient (Wildman–Crippen LogP) is 3.43. The molecule has 0 aliphatic heterocycles. The number of alkyl halides is 1. The molecule has 5 heteroatoms. The van der Waals surface area contributed by atoms with Crippen LogP contribution in [0.5, 0.6) is 5.75 Å². The molecule has 1 aromatic carbocycles. The number of hydrogen-bond donors (Lipinski definition) is 0. The highest BCUT2D eigenvalue weighted by Gasteiger charge is 2.11. The smallest absolute Gasteiger partial charge is 0.121 e. The Balaban J connectivity index is 2.39. The van der Waals surface area contributed by atoms with E-state index >= 15 is 0 Å². The van der Waals surface area contributed by atoms with Crippen molar-refractivity contribution < 1.29 is 4.74 Å². The molecule has 1 unspecified atom stereocenters. The van der Waals surface area contributed by atoms with Gasteiger partial charge in [-0.15, -0.1) is 5.10 Å². The third-order valence-electron chi connectivity index (χ3n) is 2.85. The molecule has 0 spiro atoms. The maximum absolute atomic E-state index is 5.24. The molecule has 0 amide bonds. The van der Waals surface area contributed by atoms with Crippen LogP contribution in [0.1, 0.15) is 29.4 Å². The number of aromatic nitrogens is 3. The van der Waals surface area contributed by atoms with E-state index in [0.29, 0.717) is 0 Å². The van der Waals surface area contributed by atoms with Gasteiger partial charge < -0.3 is 4.74 Å². The molecule has 18 heavy (non-hydrogen) atoms. The van der Waals surface area contributed by atoms with Gasteiger partial charge in [-0.05, 0) is 25.0 Å². The molecule has 0 saturated carbocycles. The second kappa shape index (κ2) is 5.52. The summed E-state index contributed by atoms with van der Waals surface area (Å²) in [6.45, 7) is 4.15. The minimum atomic E-state index is 0.247. The van der Waals surface area contributed by atoms with E-state index in [-0.39, 0.29) is 4.83 Å². The molecule has 0 aliphatic carbocycles. The van der Waals surface area contributed by atoms with Crippen LogP contribution < -0.4 is 4.74 Å². The van der Waals surface area contributed by atoms with Crippen molar-refractivity contribution in [1.29, 1.82) is 0 Å². The Labute approximate surface area is 115 Å². The van der Waals surface area contributed by atoms with E-state index in [2.05, 4.69) is 33.2 Å². The average molecular weight is 310 g/mol.